The third-order valence-corrected chi connectivity index (χ3v) is 6.31. The van der Waals surface area contributed by atoms with Crippen LogP contribution >= 0.6 is 0 Å². The minimum Gasteiger partial charge on any atom is -0.354 e. The maximum atomic E-state index is 12.9. The molecule has 0 radical (unpaired) electrons. The van der Waals surface area contributed by atoms with Gasteiger partial charge in [0.05, 0.1) is 11.4 Å². The molecular weight excluding hydrogens is 375 g/mol. The normalized spacial score (nSPS) is 20.6. The van der Waals surface area contributed by atoms with Gasteiger partial charge in [0.1, 0.15) is 5.82 Å². The Labute approximate surface area is 159 Å². The maximum Gasteiger partial charge on any atom is 0.240 e. The average Bonchev–Trinajstić information content (AvgIpc) is 2.68. The van der Waals surface area contributed by atoms with Crippen LogP contribution in [0.1, 0.15) is 25.7 Å². The van der Waals surface area contributed by atoms with Gasteiger partial charge in [-0.15, -0.1) is 0 Å². The molecule has 1 aromatic rings. The quantitative estimate of drug-likeness (QED) is 0.613. The SMILES string of the molecule is COC(CNC(=O)C1CCC(CNS(=O)(=O)c2ccc(F)cc2)CC1)OC. The Morgan fingerprint density at radius 1 is 1.15 bits per heavy atom. The monoisotopic (exact) mass is 402 g/mol. The molecule has 1 amide bonds. The molecule has 0 aliphatic heterocycles. The molecule has 1 aliphatic carbocycles. The summed E-state index contributed by atoms with van der Waals surface area (Å²) in [5.74, 6) is -0.411. The number of ether oxygens (including phenoxy) is 2. The van der Waals surface area contributed by atoms with Gasteiger partial charge in [0.25, 0.3) is 0 Å². The first kappa shape index (κ1) is 21.7. The summed E-state index contributed by atoms with van der Waals surface area (Å²) >= 11 is 0. The summed E-state index contributed by atoms with van der Waals surface area (Å²) in [5.41, 5.74) is 0. The molecule has 0 bridgehead atoms. The minimum absolute atomic E-state index is 0.0283. The van der Waals surface area contributed by atoms with E-state index in [0.29, 0.717) is 25.9 Å². The van der Waals surface area contributed by atoms with Crippen LogP contribution in [0.25, 0.3) is 0 Å². The molecule has 0 atom stereocenters. The number of amides is 1. The smallest absolute Gasteiger partial charge is 0.240 e. The van der Waals surface area contributed by atoms with E-state index >= 15 is 0 Å². The summed E-state index contributed by atoms with van der Waals surface area (Å²) in [6.45, 7) is 0.604. The van der Waals surface area contributed by atoms with E-state index in [4.69, 9.17) is 9.47 Å². The van der Waals surface area contributed by atoms with Crippen LogP contribution in [0.15, 0.2) is 29.2 Å². The lowest BCUT2D eigenvalue weighted by Crippen LogP contribution is -2.39. The Morgan fingerprint density at radius 2 is 1.74 bits per heavy atom. The highest BCUT2D eigenvalue weighted by Crippen LogP contribution is 2.28. The Morgan fingerprint density at radius 3 is 2.30 bits per heavy atom. The second-order valence-corrected chi connectivity index (χ2v) is 8.44. The molecule has 152 valence electrons. The number of hydrogen-bond acceptors (Lipinski definition) is 5. The molecule has 0 unspecified atom stereocenters. The number of hydrogen-bond donors (Lipinski definition) is 2. The number of methoxy groups -OCH3 is 2. The van der Waals surface area contributed by atoms with Crippen molar-refractivity contribution in [3.63, 3.8) is 0 Å². The lowest BCUT2D eigenvalue weighted by atomic mass is 9.81. The predicted molar refractivity (Wildman–Crippen MR) is 97.9 cm³/mol. The van der Waals surface area contributed by atoms with E-state index in [9.17, 15) is 17.6 Å². The van der Waals surface area contributed by atoms with E-state index < -0.39 is 22.1 Å². The highest BCUT2D eigenvalue weighted by Gasteiger charge is 2.27. The van der Waals surface area contributed by atoms with E-state index in [2.05, 4.69) is 10.0 Å². The molecule has 0 saturated heterocycles. The first-order valence-corrected chi connectivity index (χ1v) is 10.4. The van der Waals surface area contributed by atoms with Gasteiger partial charge in [0.2, 0.25) is 15.9 Å². The molecular formula is C18H27FN2O5S. The van der Waals surface area contributed by atoms with Gasteiger partial charge in [-0.2, -0.15) is 0 Å². The summed E-state index contributed by atoms with van der Waals surface area (Å²) in [6.07, 6.45) is 2.48. The fourth-order valence-corrected chi connectivity index (χ4v) is 4.26. The van der Waals surface area contributed by atoms with Gasteiger partial charge in [-0.3, -0.25) is 4.79 Å². The van der Waals surface area contributed by atoms with Crippen molar-refractivity contribution < 1.29 is 27.1 Å². The highest BCUT2D eigenvalue weighted by atomic mass is 32.2. The Bertz CT molecular complexity index is 699. The average molecular weight is 402 g/mol. The van der Waals surface area contributed by atoms with Crippen molar-refractivity contribution in [3.05, 3.63) is 30.1 Å². The number of halogens is 1. The topological polar surface area (TPSA) is 93.7 Å². The van der Waals surface area contributed by atoms with Gasteiger partial charge in [-0.05, 0) is 55.9 Å². The van der Waals surface area contributed by atoms with Crippen molar-refractivity contribution in [2.75, 3.05) is 27.3 Å². The summed E-state index contributed by atoms with van der Waals surface area (Å²) in [6, 6.07) is 4.73. The lowest BCUT2D eigenvalue weighted by Gasteiger charge is -2.28. The van der Waals surface area contributed by atoms with Crippen molar-refractivity contribution in [1.29, 1.82) is 0 Å². The Kier molecular flexibility index (Phi) is 8.15. The fraction of sp³-hybridized carbons (Fsp3) is 0.611. The molecule has 0 aromatic heterocycles. The van der Waals surface area contributed by atoms with Crippen LogP contribution in [0.2, 0.25) is 0 Å². The molecule has 1 fully saturated rings. The number of carbonyl (C=O) groups excluding carboxylic acids is 1. The zero-order valence-corrected chi connectivity index (χ0v) is 16.4. The number of rotatable bonds is 9. The van der Waals surface area contributed by atoms with E-state index in [0.717, 1.165) is 25.0 Å². The molecule has 7 nitrogen and oxygen atoms in total. The van der Waals surface area contributed by atoms with Crippen molar-refractivity contribution in [2.45, 2.75) is 36.9 Å². The van der Waals surface area contributed by atoms with Crippen molar-refractivity contribution in [2.24, 2.45) is 11.8 Å². The summed E-state index contributed by atoms with van der Waals surface area (Å²) in [5, 5.41) is 2.82. The van der Waals surface area contributed by atoms with Crippen LogP contribution in [-0.4, -0.2) is 47.9 Å². The lowest BCUT2D eigenvalue weighted by molar-refractivity contribution is -0.132. The van der Waals surface area contributed by atoms with Crippen molar-refractivity contribution in [3.8, 4) is 0 Å². The van der Waals surface area contributed by atoms with Crippen LogP contribution in [0.3, 0.4) is 0 Å². The summed E-state index contributed by atoms with van der Waals surface area (Å²) < 4.78 is 50.1. The molecule has 2 rings (SSSR count). The Hall–Kier alpha value is -1.55. The molecule has 0 heterocycles. The Balaban J connectivity index is 1.75. The highest BCUT2D eigenvalue weighted by molar-refractivity contribution is 7.89. The van der Waals surface area contributed by atoms with E-state index in [1.165, 1.54) is 26.4 Å². The molecule has 1 saturated carbocycles. The second-order valence-electron chi connectivity index (χ2n) is 6.67. The second kappa shape index (κ2) is 10.1. The van der Waals surface area contributed by atoms with E-state index in [1.54, 1.807) is 0 Å². The third-order valence-electron chi connectivity index (χ3n) is 4.87. The van der Waals surface area contributed by atoms with Crippen molar-refractivity contribution >= 4 is 15.9 Å². The van der Waals surface area contributed by atoms with Crippen LogP contribution < -0.4 is 10.0 Å². The standard InChI is InChI=1S/C18H27FN2O5S/c1-25-17(26-2)12-20-18(22)14-5-3-13(4-6-14)11-21-27(23,24)16-9-7-15(19)8-10-16/h7-10,13-14,17,21H,3-6,11-12H2,1-2H3,(H,20,22). The minimum atomic E-state index is -3.65. The maximum absolute atomic E-state index is 12.9. The van der Waals surface area contributed by atoms with Crippen LogP contribution in [0.4, 0.5) is 4.39 Å². The fourth-order valence-electron chi connectivity index (χ4n) is 3.14. The van der Waals surface area contributed by atoms with Gasteiger partial charge in [0, 0.05) is 26.7 Å². The number of sulfonamides is 1. The van der Waals surface area contributed by atoms with Gasteiger partial charge < -0.3 is 14.8 Å². The van der Waals surface area contributed by atoms with Gasteiger partial charge in [0.15, 0.2) is 6.29 Å². The first-order chi connectivity index (χ1) is 12.9. The van der Waals surface area contributed by atoms with Crippen molar-refractivity contribution in [1.82, 2.24) is 10.0 Å². The largest absolute Gasteiger partial charge is 0.354 e. The summed E-state index contributed by atoms with van der Waals surface area (Å²) in [4.78, 5) is 12.3. The summed E-state index contributed by atoms with van der Waals surface area (Å²) in [7, 11) is -0.629. The molecule has 1 aliphatic rings. The zero-order valence-electron chi connectivity index (χ0n) is 15.6. The molecule has 0 spiro atoms. The number of nitrogens with one attached hydrogen (secondary N) is 2. The van der Waals surface area contributed by atoms with Gasteiger partial charge in [-0.1, -0.05) is 0 Å². The third kappa shape index (κ3) is 6.53. The van der Waals surface area contributed by atoms with Crippen LogP contribution in [0.5, 0.6) is 0 Å². The zero-order chi connectivity index (χ0) is 19.9. The number of carbonyl (C=O) groups is 1. The first-order valence-electron chi connectivity index (χ1n) is 8.94. The number of benzene rings is 1. The van der Waals surface area contributed by atoms with Crippen LogP contribution in [-0.2, 0) is 24.3 Å². The predicted octanol–water partition coefficient (Wildman–Crippen LogP) is 1.65. The molecule has 27 heavy (non-hydrogen) atoms. The van der Waals surface area contributed by atoms with Gasteiger partial charge >= 0.3 is 0 Å². The van der Waals surface area contributed by atoms with Crippen LogP contribution in [0, 0.1) is 17.7 Å². The van der Waals surface area contributed by atoms with E-state index in [1.807, 2.05) is 0 Å². The van der Waals surface area contributed by atoms with E-state index in [-0.39, 0.29) is 22.6 Å². The molecule has 2 N–H and O–H groups in total. The molecule has 9 heteroatoms. The van der Waals surface area contributed by atoms with Gasteiger partial charge in [-0.25, -0.2) is 17.5 Å². The molecule has 1 aromatic carbocycles.